The summed E-state index contributed by atoms with van der Waals surface area (Å²) in [6.45, 7) is 0. The van der Waals surface area contributed by atoms with Gasteiger partial charge in [0.1, 0.15) is 0 Å². The number of fused-ring (bicyclic) bond motifs is 6. The molecule has 0 N–H and O–H groups in total. The number of para-hydroxylation sites is 3. The van der Waals surface area contributed by atoms with E-state index in [-0.39, 0.29) is 0 Å². The average Bonchev–Trinajstić information content (AvgIpc) is 3.70. The Morgan fingerprint density at radius 1 is 0.400 bits per heavy atom. The van der Waals surface area contributed by atoms with Crippen LogP contribution in [0.4, 0.5) is 0 Å². The van der Waals surface area contributed by atoms with Crippen LogP contribution < -0.4 is 0 Å². The first-order valence-corrected chi connectivity index (χ1v) is 16.3. The molecular weight excluding hydrogens is 611 g/mol. The lowest BCUT2D eigenvalue weighted by Gasteiger charge is -2.18. The second kappa shape index (κ2) is 11.4. The standard InChI is InChI=1S/C45H25N5/c46-26-29-19-21-34(35-12-1-4-15-40(35)50-41-16-5-2-13-36(41)37-14-3-6-17-42(37)50)38(23-29)31-9-7-11-33(25-31)49-43-22-20-30(27-47)24-39(43)45-32(28-48)10-8-18-44(45)49/h1-25H. The number of rotatable bonds is 4. The molecule has 0 radical (unpaired) electrons. The Kier molecular flexibility index (Phi) is 6.56. The van der Waals surface area contributed by atoms with Gasteiger partial charge in [-0.3, -0.25) is 0 Å². The molecule has 9 rings (SSSR count). The van der Waals surface area contributed by atoms with E-state index >= 15 is 0 Å². The number of benzene rings is 7. The fourth-order valence-electron chi connectivity index (χ4n) is 7.49. The molecule has 5 nitrogen and oxygen atoms in total. The molecule has 0 aliphatic carbocycles. The Balaban J connectivity index is 1.29. The fourth-order valence-corrected chi connectivity index (χ4v) is 7.49. The number of aromatic nitrogens is 2. The van der Waals surface area contributed by atoms with Gasteiger partial charge in [-0.1, -0.05) is 78.9 Å². The van der Waals surface area contributed by atoms with Crippen molar-refractivity contribution in [1.82, 2.24) is 9.13 Å². The van der Waals surface area contributed by atoms with E-state index in [0.717, 1.165) is 66.5 Å². The highest BCUT2D eigenvalue weighted by Gasteiger charge is 2.20. The molecule has 0 spiro atoms. The zero-order chi connectivity index (χ0) is 33.8. The Bertz CT molecular complexity index is 2920. The molecule has 5 heteroatoms. The highest BCUT2D eigenvalue weighted by molar-refractivity contribution is 6.12. The van der Waals surface area contributed by atoms with E-state index < -0.39 is 0 Å². The van der Waals surface area contributed by atoms with Gasteiger partial charge in [0.25, 0.3) is 0 Å². The van der Waals surface area contributed by atoms with Crippen molar-refractivity contribution in [2.24, 2.45) is 0 Å². The van der Waals surface area contributed by atoms with Crippen LogP contribution in [0.2, 0.25) is 0 Å². The summed E-state index contributed by atoms with van der Waals surface area (Å²) in [7, 11) is 0. The van der Waals surface area contributed by atoms with E-state index in [4.69, 9.17) is 0 Å². The predicted molar refractivity (Wildman–Crippen MR) is 200 cm³/mol. The maximum Gasteiger partial charge on any atom is 0.0998 e. The molecule has 0 bridgehead atoms. The van der Waals surface area contributed by atoms with Crippen molar-refractivity contribution in [1.29, 1.82) is 15.8 Å². The molecule has 0 unspecified atom stereocenters. The highest BCUT2D eigenvalue weighted by Crippen LogP contribution is 2.41. The van der Waals surface area contributed by atoms with E-state index in [1.807, 2.05) is 54.6 Å². The van der Waals surface area contributed by atoms with Crippen molar-refractivity contribution < 1.29 is 0 Å². The van der Waals surface area contributed by atoms with E-state index in [2.05, 4.69) is 124 Å². The van der Waals surface area contributed by atoms with Gasteiger partial charge in [0.2, 0.25) is 0 Å². The molecule has 0 atom stereocenters. The normalized spacial score (nSPS) is 11.1. The summed E-state index contributed by atoms with van der Waals surface area (Å²) in [4.78, 5) is 0. The molecule has 0 amide bonds. The monoisotopic (exact) mass is 635 g/mol. The third kappa shape index (κ3) is 4.31. The highest BCUT2D eigenvalue weighted by atomic mass is 15.0. The topological polar surface area (TPSA) is 81.2 Å². The van der Waals surface area contributed by atoms with Crippen LogP contribution in [0.1, 0.15) is 16.7 Å². The zero-order valence-corrected chi connectivity index (χ0v) is 26.7. The lowest BCUT2D eigenvalue weighted by Crippen LogP contribution is -1.99. The van der Waals surface area contributed by atoms with Crippen molar-refractivity contribution in [3.63, 3.8) is 0 Å². The Morgan fingerprint density at radius 3 is 1.80 bits per heavy atom. The van der Waals surface area contributed by atoms with Gasteiger partial charge in [-0.2, -0.15) is 15.8 Å². The lowest BCUT2D eigenvalue weighted by atomic mass is 9.91. The molecule has 230 valence electrons. The molecule has 0 saturated heterocycles. The minimum absolute atomic E-state index is 0.540. The lowest BCUT2D eigenvalue weighted by molar-refractivity contribution is 1.18. The van der Waals surface area contributed by atoms with Crippen molar-refractivity contribution in [3.05, 3.63) is 168 Å². The molecule has 0 aliphatic rings. The molecule has 9 aromatic rings. The summed E-state index contributed by atoms with van der Waals surface area (Å²) < 4.78 is 4.48. The second-order valence-corrected chi connectivity index (χ2v) is 12.3. The fraction of sp³-hybridized carbons (Fsp3) is 0. The first-order chi connectivity index (χ1) is 24.7. The summed E-state index contributed by atoms with van der Waals surface area (Å²) in [5.74, 6) is 0. The van der Waals surface area contributed by atoms with Crippen molar-refractivity contribution in [2.75, 3.05) is 0 Å². The summed E-state index contributed by atoms with van der Waals surface area (Å²) in [6, 6.07) is 57.9. The molecule has 0 aliphatic heterocycles. The van der Waals surface area contributed by atoms with E-state index in [1.54, 1.807) is 0 Å². The maximum atomic E-state index is 10.0. The third-order valence-electron chi connectivity index (χ3n) is 9.62. The minimum atomic E-state index is 0.540. The third-order valence-corrected chi connectivity index (χ3v) is 9.62. The maximum absolute atomic E-state index is 10.0. The summed E-state index contributed by atoms with van der Waals surface area (Å²) in [5.41, 5.74) is 11.6. The molecular formula is C45H25N5. The predicted octanol–water partition coefficient (Wildman–Crippen LogP) is 10.8. The van der Waals surface area contributed by atoms with Gasteiger partial charge in [-0.15, -0.1) is 0 Å². The summed E-state index contributed by atoms with van der Waals surface area (Å²) >= 11 is 0. The van der Waals surface area contributed by atoms with Crippen LogP contribution in [0.5, 0.6) is 0 Å². The van der Waals surface area contributed by atoms with Crippen molar-refractivity contribution in [2.45, 2.75) is 0 Å². The van der Waals surface area contributed by atoms with Crippen LogP contribution in [-0.4, -0.2) is 9.13 Å². The van der Waals surface area contributed by atoms with Gasteiger partial charge in [0, 0.05) is 32.8 Å². The molecule has 0 saturated carbocycles. The van der Waals surface area contributed by atoms with Gasteiger partial charge in [0.15, 0.2) is 0 Å². The van der Waals surface area contributed by atoms with Crippen LogP contribution in [-0.2, 0) is 0 Å². The molecule has 2 aromatic heterocycles. The van der Waals surface area contributed by atoms with Gasteiger partial charge in [-0.05, 0) is 89.5 Å². The molecule has 2 heterocycles. The zero-order valence-electron chi connectivity index (χ0n) is 26.7. The Labute approximate surface area is 287 Å². The van der Waals surface area contributed by atoms with Crippen LogP contribution in [0.25, 0.3) is 77.2 Å². The van der Waals surface area contributed by atoms with Gasteiger partial charge in [-0.25, -0.2) is 0 Å². The number of hydrogen-bond acceptors (Lipinski definition) is 3. The summed E-state index contributed by atoms with van der Waals surface area (Å²) in [6.07, 6.45) is 0. The largest absolute Gasteiger partial charge is 0.309 e. The summed E-state index contributed by atoms with van der Waals surface area (Å²) in [5, 5.41) is 33.8. The molecule has 50 heavy (non-hydrogen) atoms. The first-order valence-electron chi connectivity index (χ1n) is 16.3. The van der Waals surface area contributed by atoms with Gasteiger partial charge in [0.05, 0.1) is 62.7 Å². The van der Waals surface area contributed by atoms with Crippen molar-refractivity contribution in [3.8, 4) is 51.8 Å². The average molecular weight is 636 g/mol. The number of nitrogens with zero attached hydrogens (tertiary/aromatic N) is 5. The van der Waals surface area contributed by atoms with E-state index in [0.29, 0.717) is 16.7 Å². The Morgan fingerprint density at radius 2 is 1.04 bits per heavy atom. The SMILES string of the molecule is N#Cc1ccc(-c2ccccc2-n2c3ccccc3c3ccccc32)c(-c2cccc(-n3c4ccc(C#N)cc4c4c(C#N)cccc43)c2)c1. The van der Waals surface area contributed by atoms with Gasteiger partial charge < -0.3 is 9.13 Å². The van der Waals surface area contributed by atoms with E-state index in [9.17, 15) is 15.8 Å². The second-order valence-electron chi connectivity index (χ2n) is 12.3. The Hall–Kier alpha value is -7.39. The van der Waals surface area contributed by atoms with Crippen LogP contribution in [0.15, 0.2) is 152 Å². The quantitative estimate of drug-likeness (QED) is 0.193. The smallest absolute Gasteiger partial charge is 0.0998 e. The van der Waals surface area contributed by atoms with Crippen LogP contribution in [0.3, 0.4) is 0 Å². The minimum Gasteiger partial charge on any atom is -0.309 e. The van der Waals surface area contributed by atoms with Gasteiger partial charge >= 0.3 is 0 Å². The molecule has 0 fully saturated rings. The van der Waals surface area contributed by atoms with Crippen LogP contribution in [0, 0.1) is 34.0 Å². The first kappa shape index (κ1) is 28.8. The number of nitriles is 3. The molecule has 7 aromatic carbocycles. The number of hydrogen-bond donors (Lipinski definition) is 0. The van der Waals surface area contributed by atoms with Crippen LogP contribution >= 0.6 is 0 Å². The van der Waals surface area contributed by atoms with E-state index in [1.165, 1.54) is 10.8 Å². The van der Waals surface area contributed by atoms with Crippen molar-refractivity contribution >= 4 is 43.6 Å².